The van der Waals surface area contributed by atoms with Crippen LogP contribution in [0.15, 0.2) is 59.5 Å². The number of fused-ring (bicyclic) bond motifs is 1. The van der Waals surface area contributed by atoms with E-state index in [4.69, 9.17) is 0 Å². The third-order valence-electron chi connectivity index (χ3n) is 4.55. The lowest BCUT2D eigenvalue weighted by Gasteiger charge is -2.09. The minimum absolute atomic E-state index is 0.231. The van der Waals surface area contributed by atoms with Crippen LogP contribution >= 0.6 is 11.3 Å². The van der Waals surface area contributed by atoms with E-state index in [9.17, 15) is 18.4 Å². The number of aryl methyl sites for hydroxylation is 1. The molecule has 29 heavy (non-hydrogen) atoms. The standard InChI is InChI=1S/C21H15F2N3O2S/c1-26-18-5-3-2-4-15(18)16(10-19(26)27)20(28)25-21-24-11-14(29-21)8-12-6-7-13(22)9-17(12)23/h2-7,9-11H,8H2,1H3,(H,24,25,28). The summed E-state index contributed by atoms with van der Waals surface area (Å²) in [6, 6.07) is 11.8. The van der Waals surface area contributed by atoms with E-state index in [-0.39, 0.29) is 17.5 Å². The van der Waals surface area contributed by atoms with Gasteiger partial charge in [-0.25, -0.2) is 13.8 Å². The van der Waals surface area contributed by atoms with Gasteiger partial charge in [0.2, 0.25) is 0 Å². The highest BCUT2D eigenvalue weighted by Gasteiger charge is 2.15. The lowest BCUT2D eigenvalue weighted by Crippen LogP contribution is -2.21. The largest absolute Gasteiger partial charge is 0.311 e. The van der Waals surface area contributed by atoms with Gasteiger partial charge in [-0.1, -0.05) is 24.3 Å². The van der Waals surface area contributed by atoms with Crippen molar-refractivity contribution in [2.24, 2.45) is 7.05 Å². The molecule has 2 aromatic heterocycles. The van der Waals surface area contributed by atoms with Gasteiger partial charge in [-0.05, 0) is 17.7 Å². The van der Waals surface area contributed by atoms with E-state index >= 15 is 0 Å². The summed E-state index contributed by atoms with van der Waals surface area (Å²) < 4.78 is 28.4. The Bertz CT molecular complexity index is 1300. The second-order valence-electron chi connectivity index (χ2n) is 6.47. The van der Waals surface area contributed by atoms with Crippen LogP contribution in [-0.4, -0.2) is 15.5 Å². The van der Waals surface area contributed by atoms with Gasteiger partial charge in [-0.15, -0.1) is 11.3 Å². The Morgan fingerprint density at radius 2 is 1.97 bits per heavy atom. The molecule has 146 valence electrons. The van der Waals surface area contributed by atoms with Gasteiger partial charge in [0.15, 0.2) is 5.13 Å². The van der Waals surface area contributed by atoms with E-state index in [1.807, 2.05) is 0 Å². The molecule has 4 aromatic rings. The molecule has 0 bridgehead atoms. The van der Waals surface area contributed by atoms with Crippen molar-refractivity contribution in [1.29, 1.82) is 0 Å². The second kappa shape index (κ2) is 7.56. The number of halogens is 2. The molecule has 2 aromatic carbocycles. The third-order valence-corrected chi connectivity index (χ3v) is 5.47. The normalized spacial score (nSPS) is 11.0. The quantitative estimate of drug-likeness (QED) is 0.550. The summed E-state index contributed by atoms with van der Waals surface area (Å²) in [5.74, 6) is -1.71. The Labute approximate surface area is 168 Å². The lowest BCUT2D eigenvalue weighted by molar-refractivity contribution is 0.102. The average molecular weight is 411 g/mol. The van der Waals surface area contributed by atoms with Crippen molar-refractivity contribution in [3.63, 3.8) is 0 Å². The van der Waals surface area contributed by atoms with E-state index in [0.29, 0.717) is 26.5 Å². The van der Waals surface area contributed by atoms with Crippen molar-refractivity contribution in [2.45, 2.75) is 6.42 Å². The van der Waals surface area contributed by atoms with Crippen LogP contribution in [0.5, 0.6) is 0 Å². The minimum Gasteiger partial charge on any atom is -0.311 e. The van der Waals surface area contributed by atoms with Crippen LogP contribution in [0, 0.1) is 11.6 Å². The molecule has 2 heterocycles. The van der Waals surface area contributed by atoms with Crippen LogP contribution in [0.2, 0.25) is 0 Å². The Kier molecular flexibility index (Phi) is 4.94. The summed E-state index contributed by atoms with van der Waals surface area (Å²) in [6.45, 7) is 0. The topological polar surface area (TPSA) is 64.0 Å². The molecule has 0 saturated carbocycles. The fourth-order valence-electron chi connectivity index (χ4n) is 3.06. The second-order valence-corrected chi connectivity index (χ2v) is 7.59. The number of amides is 1. The maximum absolute atomic E-state index is 13.8. The Hall–Kier alpha value is -3.39. The van der Waals surface area contributed by atoms with Gasteiger partial charge in [0, 0.05) is 42.1 Å². The van der Waals surface area contributed by atoms with Crippen LogP contribution in [0.1, 0.15) is 20.8 Å². The van der Waals surface area contributed by atoms with Crippen molar-refractivity contribution in [3.8, 4) is 0 Å². The molecule has 5 nitrogen and oxygen atoms in total. The molecule has 4 rings (SSSR count). The zero-order valence-corrected chi connectivity index (χ0v) is 16.1. The van der Waals surface area contributed by atoms with Crippen molar-refractivity contribution in [1.82, 2.24) is 9.55 Å². The summed E-state index contributed by atoms with van der Waals surface area (Å²) in [4.78, 5) is 29.8. The van der Waals surface area contributed by atoms with Gasteiger partial charge in [0.25, 0.3) is 11.5 Å². The Balaban J connectivity index is 1.58. The van der Waals surface area contributed by atoms with E-state index in [1.54, 1.807) is 31.3 Å². The van der Waals surface area contributed by atoms with Crippen LogP contribution < -0.4 is 10.9 Å². The molecule has 0 saturated heterocycles. The predicted molar refractivity (Wildman–Crippen MR) is 108 cm³/mol. The number of para-hydroxylation sites is 1. The molecular formula is C21H15F2N3O2S. The monoisotopic (exact) mass is 411 g/mol. The van der Waals surface area contributed by atoms with Gasteiger partial charge in [-0.3, -0.25) is 14.9 Å². The number of hydrogen-bond acceptors (Lipinski definition) is 4. The van der Waals surface area contributed by atoms with Gasteiger partial charge >= 0.3 is 0 Å². The van der Waals surface area contributed by atoms with Gasteiger partial charge in [0.1, 0.15) is 11.6 Å². The summed E-state index contributed by atoms with van der Waals surface area (Å²) in [7, 11) is 1.65. The molecule has 0 fully saturated rings. The fraction of sp³-hybridized carbons (Fsp3) is 0.0952. The van der Waals surface area contributed by atoms with Crippen LogP contribution in [0.25, 0.3) is 10.9 Å². The van der Waals surface area contributed by atoms with E-state index in [0.717, 1.165) is 6.07 Å². The molecule has 1 amide bonds. The SMILES string of the molecule is Cn1c(=O)cc(C(=O)Nc2ncc(Cc3ccc(F)cc3F)s2)c2ccccc21. The maximum Gasteiger partial charge on any atom is 0.258 e. The highest BCUT2D eigenvalue weighted by Crippen LogP contribution is 2.24. The number of carbonyl (C=O) groups excluding carboxylic acids is 1. The molecule has 0 aliphatic rings. The number of hydrogen-bond donors (Lipinski definition) is 1. The van der Waals surface area contributed by atoms with Crippen LogP contribution in [0.3, 0.4) is 0 Å². The van der Waals surface area contributed by atoms with Gasteiger partial charge in [0.05, 0.1) is 11.1 Å². The first kappa shape index (κ1) is 18.9. The number of thiazole rings is 1. The third kappa shape index (κ3) is 3.79. The molecular weight excluding hydrogens is 396 g/mol. The van der Waals surface area contributed by atoms with Crippen LogP contribution in [-0.2, 0) is 13.5 Å². The van der Waals surface area contributed by atoms with Crippen molar-refractivity contribution >= 4 is 33.3 Å². The van der Waals surface area contributed by atoms with E-state index < -0.39 is 17.5 Å². The summed E-state index contributed by atoms with van der Waals surface area (Å²) in [5.41, 5.74) is 0.952. The highest BCUT2D eigenvalue weighted by molar-refractivity contribution is 7.15. The number of carbonyl (C=O) groups is 1. The molecule has 0 unspecified atom stereocenters. The number of pyridine rings is 1. The Morgan fingerprint density at radius 3 is 2.76 bits per heavy atom. The molecule has 0 radical (unpaired) electrons. The molecule has 0 aliphatic heterocycles. The fourth-order valence-corrected chi connectivity index (χ4v) is 3.89. The van der Waals surface area contributed by atoms with Crippen molar-refractivity contribution in [2.75, 3.05) is 5.32 Å². The van der Waals surface area contributed by atoms with Crippen LogP contribution in [0.4, 0.5) is 13.9 Å². The van der Waals surface area contributed by atoms with E-state index in [1.165, 1.54) is 40.3 Å². The Morgan fingerprint density at radius 1 is 1.17 bits per heavy atom. The molecule has 0 aliphatic carbocycles. The summed E-state index contributed by atoms with van der Waals surface area (Å²) in [6.07, 6.45) is 1.76. The molecule has 0 spiro atoms. The highest BCUT2D eigenvalue weighted by atomic mass is 32.1. The number of benzene rings is 2. The van der Waals surface area contributed by atoms with E-state index in [2.05, 4.69) is 10.3 Å². The zero-order chi connectivity index (χ0) is 20.5. The first-order chi connectivity index (χ1) is 13.9. The minimum atomic E-state index is -0.635. The smallest absolute Gasteiger partial charge is 0.258 e. The molecule has 0 atom stereocenters. The average Bonchev–Trinajstić information content (AvgIpc) is 3.13. The number of nitrogens with one attached hydrogen (secondary N) is 1. The zero-order valence-electron chi connectivity index (χ0n) is 15.3. The van der Waals surface area contributed by atoms with Crippen molar-refractivity contribution < 1.29 is 13.6 Å². The predicted octanol–water partition coefficient (Wildman–Crippen LogP) is 4.12. The van der Waals surface area contributed by atoms with Gasteiger partial charge in [-0.2, -0.15) is 0 Å². The molecule has 8 heteroatoms. The van der Waals surface area contributed by atoms with Gasteiger partial charge < -0.3 is 4.57 Å². The first-order valence-corrected chi connectivity index (χ1v) is 9.53. The lowest BCUT2D eigenvalue weighted by atomic mass is 10.1. The van der Waals surface area contributed by atoms with Crippen molar-refractivity contribution in [3.05, 3.63) is 92.7 Å². The number of nitrogens with zero attached hydrogens (tertiary/aromatic N) is 2. The summed E-state index contributed by atoms with van der Waals surface area (Å²) in [5, 5.41) is 3.67. The number of aromatic nitrogens is 2. The molecule has 1 N–H and O–H groups in total. The number of anilines is 1. The summed E-state index contributed by atoms with van der Waals surface area (Å²) >= 11 is 1.19. The number of rotatable bonds is 4. The maximum atomic E-state index is 13.8. The first-order valence-electron chi connectivity index (χ1n) is 8.71.